The van der Waals surface area contributed by atoms with Crippen LogP contribution in [0.3, 0.4) is 0 Å². The lowest BCUT2D eigenvalue weighted by molar-refractivity contribution is 0.0734. The molecule has 0 heterocycles. The highest BCUT2D eigenvalue weighted by Gasteiger charge is 2.15. The average molecular weight is 318 g/mol. The minimum Gasteiger partial charge on any atom is -0.507 e. The zero-order chi connectivity index (χ0) is 16.9. The van der Waals surface area contributed by atoms with Crippen molar-refractivity contribution >= 4 is 11.8 Å². The molecule has 0 aliphatic carbocycles. The van der Waals surface area contributed by atoms with Gasteiger partial charge in [-0.1, -0.05) is 48.5 Å². The Hall–Kier alpha value is -3.40. The summed E-state index contributed by atoms with van der Waals surface area (Å²) < 4.78 is 5.21. The number of benzene rings is 3. The minimum absolute atomic E-state index is 0.153. The maximum atomic E-state index is 12.4. The number of aromatic hydroxyl groups is 1. The smallest absolute Gasteiger partial charge is 0.343 e. The third-order valence-electron chi connectivity index (χ3n) is 3.47. The lowest BCUT2D eigenvalue weighted by Gasteiger charge is -2.08. The van der Waals surface area contributed by atoms with Gasteiger partial charge in [0.2, 0.25) is 0 Å². The zero-order valence-corrected chi connectivity index (χ0v) is 12.7. The van der Waals surface area contributed by atoms with Crippen LogP contribution in [-0.4, -0.2) is 16.9 Å². The molecule has 118 valence electrons. The van der Waals surface area contributed by atoms with E-state index in [9.17, 15) is 14.7 Å². The summed E-state index contributed by atoms with van der Waals surface area (Å²) in [5.74, 6) is -0.889. The second kappa shape index (κ2) is 6.79. The molecular formula is C20H14O4. The van der Waals surface area contributed by atoms with E-state index in [1.165, 1.54) is 18.2 Å². The first-order valence-corrected chi connectivity index (χ1v) is 7.35. The molecule has 0 saturated carbocycles. The molecule has 0 bridgehead atoms. The molecule has 0 spiro atoms. The molecule has 0 aliphatic heterocycles. The van der Waals surface area contributed by atoms with Crippen molar-refractivity contribution in [1.29, 1.82) is 0 Å². The second-order valence-electron chi connectivity index (χ2n) is 5.13. The van der Waals surface area contributed by atoms with Crippen LogP contribution >= 0.6 is 0 Å². The van der Waals surface area contributed by atoms with Crippen molar-refractivity contribution in [3.8, 4) is 11.5 Å². The van der Waals surface area contributed by atoms with Crippen molar-refractivity contribution in [1.82, 2.24) is 0 Å². The van der Waals surface area contributed by atoms with Crippen LogP contribution in [-0.2, 0) is 0 Å². The van der Waals surface area contributed by atoms with Crippen molar-refractivity contribution in [3.05, 3.63) is 95.6 Å². The molecule has 0 aliphatic rings. The molecule has 0 aromatic heterocycles. The average Bonchev–Trinajstić information content (AvgIpc) is 2.63. The highest BCUT2D eigenvalue weighted by atomic mass is 16.5. The number of phenols is 1. The van der Waals surface area contributed by atoms with E-state index in [0.29, 0.717) is 11.1 Å². The number of hydrogen-bond donors (Lipinski definition) is 1. The Morgan fingerprint density at radius 1 is 0.750 bits per heavy atom. The first-order valence-electron chi connectivity index (χ1n) is 7.35. The Labute approximate surface area is 139 Å². The van der Waals surface area contributed by atoms with Gasteiger partial charge in [-0.2, -0.15) is 0 Å². The van der Waals surface area contributed by atoms with Gasteiger partial charge >= 0.3 is 5.97 Å². The summed E-state index contributed by atoms with van der Waals surface area (Å²) in [6, 6.07) is 21.4. The summed E-state index contributed by atoms with van der Waals surface area (Å²) in [7, 11) is 0. The van der Waals surface area contributed by atoms with Gasteiger partial charge in [-0.3, -0.25) is 4.79 Å². The Morgan fingerprint density at radius 2 is 1.33 bits per heavy atom. The molecule has 1 N–H and O–H groups in total. The van der Waals surface area contributed by atoms with E-state index in [4.69, 9.17) is 4.74 Å². The van der Waals surface area contributed by atoms with E-state index in [1.807, 2.05) is 6.07 Å². The zero-order valence-electron chi connectivity index (χ0n) is 12.7. The van der Waals surface area contributed by atoms with Crippen molar-refractivity contribution in [3.63, 3.8) is 0 Å². The van der Waals surface area contributed by atoms with E-state index in [-0.39, 0.29) is 22.8 Å². The van der Waals surface area contributed by atoms with Gasteiger partial charge in [-0.25, -0.2) is 4.79 Å². The summed E-state index contributed by atoms with van der Waals surface area (Å²) in [5.41, 5.74) is 1.03. The molecular weight excluding hydrogens is 304 g/mol. The maximum Gasteiger partial charge on any atom is 0.343 e. The lowest BCUT2D eigenvalue weighted by atomic mass is 10.0. The number of ketones is 1. The number of carbonyl (C=O) groups excluding carboxylic acids is 2. The van der Waals surface area contributed by atoms with Crippen LogP contribution in [0.2, 0.25) is 0 Å². The quantitative estimate of drug-likeness (QED) is 0.451. The SMILES string of the molecule is O=C(Oc1ccc(C(=O)c2ccccc2)c(O)c1)c1ccccc1. The molecule has 4 heteroatoms. The van der Waals surface area contributed by atoms with Crippen LogP contribution in [0.4, 0.5) is 0 Å². The number of carbonyl (C=O) groups is 2. The Morgan fingerprint density at radius 3 is 1.92 bits per heavy atom. The Bertz CT molecular complexity index is 871. The summed E-state index contributed by atoms with van der Waals surface area (Å²) in [6.45, 7) is 0. The maximum absolute atomic E-state index is 12.4. The minimum atomic E-state index is -0.530. The van der Waals surface area contributed by atoms with E-state index < -0.39 is 5.97 Å². The highest BCUT2D eigenvalue weighted by Crippen LogP contribution is 2.26. The van der Waals surface area contributed by atoms with Crippen molar-refractivity contribution in [2.24, 2.45) is 0 Å². The van der Waals surface area contributed by atoms with Crippen LogP contribution in [0, 0.1) is 0 Å². The van der Waals surface area contributed by atoms with Crippen molar-refractivity contribution in [2.45, 2.75) is 0 Å². The molecule has 0 amide bonds. The molecule has 3 aromatic rings. The predicted octanol–water partition coefficient (Wildman–Crippen LogP) is 3.84. The van der Waals surface area contributed by atoms with Crippen molar-refractivity contribution in [2.75, 3.05) is 0 Å². The first kappa shape index (κ1) is 15.5. The predicted molar refractivity (Wildman–Crippen MR) is 89.4 cm³/mol. The molecule has 0 unspecified atom stereocenters. The summed E-state index contributed by atoms with van der Waals surface area (Å²) in [4.78, 5) is 24.3. The number of rotatable bonds is 4. The van der Waals surface area contributed by atoms with Crippen molar-refractivity contribution < 1.29 is 19.4 Å². The topological polar surface area (TPSA) is 63.6 Å². The molecule has 0 atom stereocenters. The monoisotopic (exact) mass is 318 g/mol. The van der Waals surface area contributed by atoms with Crippen LogP contribution in [0.15, 0.2) is 78.9 Å². The van der Waals surface area contributed by atoms with Gasteiger partial charge in [-0.05, 0) is 24.3 Å². The normalized spacial score (nSPS) is 10.2. The number of ether oxygens (including phenoxy) is 1. The third-order valence-corrected chi connectivity index (χ3v) is 3.47. The fourth-order valence-electron chi connectivity index (χ4n) is 2.25. The molecule has 3 aromatic carbocycles. The standard InChI is InChI=1S/C20H14O4/c21-18-13-16(24-20(23)15-9-5-2-6-10-15)11-12-17(18)19(22)14-7-3-1-4-8-14/h1-13,21H. The van der Waals surface area contributed by atoms with Gasteiger partial charge in [0.05, 0.1) is 11.1 Å². The van der Waals surface area contributed by atoms with Gasteiger partial charge in [0.1, 0.15) is 11.5 Å². The lowest BCUT2D eigenvalue weighted by Crippen LogP contribution is -2.08. The second-order valence-corrected chi connectivity index (χ2v) is 5.13. The third kappa shape index (κ3) is 3.33. The van der Waals surface area contributed by atoms with Gasteiger partial charge in [0.25, 0.3) is 0 Å². The molecule has 4 nitrogen and oxygen atoms in total. The molecule has 3 rings (SSSR count). The fourth-order valence-corrected chi connectivity index (χ4v) is 2.25. The molecule has 24 heavy (non-hydrogen) atoms. The van der Waals surface area contributed by atoms with Gasteiger partial charge in [0.15, 0.2) is 5.78 Å². The molecule has 0 saturated heterocycles. The largest absolute Gasteiger partial charge is 0.507 e. The number of hydrogen-bond acceptors (Lipinski definition) is 4. The van der Waals surface area contributed by atoms with Crippen LogP contribution in [0.25, 0.3) is 0 Å². The van der Waals surface area contributed by atoms with Crippen LogP contribution in [0.1, 0.15) is 26.3 Å². The molecule has 0 radical (unpaired) electrons. The number of phenolic OH excluding ortho intramolecular Hbond substituents is 1. The van der Waals surface area contributed by atoms with Crippen LogP contribution in [0.5, 0.6) is 11.5 Å². The van der Waals surface area contributed by atoms with Gasteiger partial charge in [0, 0.05) is 11.6 Å². The van der Waals surface area contributed by atoms with Gasteiger partial charge < -0.3 is 9.84 Å². The Kier molecular flexibility index (Phi) is 4.38. The fraction of sp³-hybridized carbons (Fsp3) is 0. The number of esters is 1. The van der Waals surface area contributed by atoms with E-state index in [0.717, 1.165) is 0 Å². The summed E-state index contributed by atoms with van der Waals surface area (Å²) >= 11 is 0. The highest BCUT2D eigenvalue weighted by molar-refractivity contribution is 6.10. The summed E-state index contributed by atoms with van der Waals surface area (Å²) in [5, 5.41) is 10.1. The molecule has 0 fully saturated rings. The van der Waals surface area contributed by atoms with Crippen LogP contribution < -0.4 is 4.74 Å². The van der Waals surface area contributed by atoms with E-state index in [1.54, 1.807) is 54.6 Å². The van der Waals surface area contributed by atoms with E-state index in [2.05, 4.69) is 0 Å². The first-order chi connectivity index (χ1) is 11.6. The Balaban J connectivity index is 1.80. The summed E-state index contributed by atoms with van der Waals surface area (Å²) in [6.07, 6.45) is 0. The van der Waals surface area contributed by atoms with E-state index >= 15 is 0 Å². The van der Waals surface area contributed by atoms with Gasteiger partial charge in [-0.15, -0.1) is 0 Å².